The summed E-state index contributed by atoms with van der Waals surface area (Å²) in [7, 11) is 0. The highest BCUT2D eigenvalue weighted by atomic mass is 16.6. The smallest absolute Gasteiger partial charge is 0.272 e. The van der Waals surface area contributed by atoms with E-state index >= 15 is 0 Å². The first-order valence-corrected chi connectivity index (χ1v) is 6.50. The molecule has 0 radical (unpaired) electrons. The van der Waals surface area contributed by atoms with Gasteiger partial charge in [0.15, 0.2) is 6.10 Å². The minimum Gasteiger partial charge on any atom is -0.483 e. The first-order valence-electron chi connectivity index (χ1n) is 6.50. The molecule has 1 unspecified atom stereocenters. The van der Waals surface area contributed by atoms with Crippen LogP contribution in [0.4, 0.5) is 5.69 Å². The van der Waals surface area contributed by atoms with Gasteiger partial charge in [-0.3, -0.25) is 14.9 Å². The van der Waals surface area contributed by atoms with Crippen molar-refractivity contribution >= 4 is 11.5 Å². The summed E-state index contributed by atoms with van der Waals surface area (Å²) in [5.41, 5.74) is 1.10. The average molecular weight is 285 g/mol. The third-order valence-corrected chi connectivity index (χ3v) is 3.11. The quantitative estimate of drug-likeness (QED) is 0.478. The Kier molecular flexibility index (Phi) is 4.33. The molecule has 0 heterocycles. The zero-order chi connectivity index (χ0) is 15.4. The highest BCUT2D eigenvalue weighted by Gasteiger charge is 2.18. The first-order chi connectivity index (χ1) is 9.99. The van der Waals surface area contributed by atoms with Crippen LogP contribution in [0.3, 0.4) is 0 Å². The Morgan fingerprint density at radius 1 is 1.19 bits per heavy atom. The molecule has 0 aliphatic rings. The fraction of sp³-hybridized carbons (Fsp3) is 0.188. The van der Waals surface area contributed by atoms with E-state index in [-0.39, 0.29) is 11.5 Å². The third kappa shape index (κ3) is 3.45. The van der Waals surface area contributed by atoms with Crippen molar-refractivity contribution in [2.75, 3.05) is 0 Å². The molecule has 2 aromatic carbocycles. The van der Waals surface area contributed by atoms with Crippen molar-refractivity contribution in [1.29, 1.82) is 0 Å². The number of carbonyl (C=O) groups is 1. The molecule has 0 aromatic heterocycles. The number of ketones is 1. The van der Waals surface area contributed by atoms with E-state index in [4.69, 9.17) is 4.74 Å². The number of carbonyl (C=O) groups excluding carboxylic acids is 1. The standard InChI is InChI=1S/C16H15NO4/c1-11-10-14(8-9-15(11)17(19)20)21-12(2)16(18)13-6-4-3-5-7-13/h3-10,12H,1-2H3. The van der Waals surface area contributed by atoms with Crippen LogP contribution < -0.4 is 4.74 Å². The molecule has 0 N–H and O–H groups in total. The number of nitrogens with zero attached hydrogens (tertiary/aromatic N) is 1. The lowest BCUT2D eigenvalue weighted by atomic mass is 10.1. The van der Waals surface area contributed by atoms with Gasteiger partial charge in [0.2, 0.25) is 5.78 Å². The Hall–Kier alpha value is -2.69. The van der Waals surface area contributed by atoms with Gasteiger partial charge in [0.1, 0.15) is 5.75 Å². The lowest BCUT2D eigenvalue weighted by Crippen LogP contribution is -2.23. The number of hydrogen-bond acceptors (Lipinski definition) is 4. The summed E-state index contributed by atoms with van der Waals surface area (Å²) in [4.78, 5) is 22.5. The molecule has 0 spiro atoms. The molecule has 21 heavy (non-hydrogen) atoms. The van der Waals surface area contributed by atoms with E-state index < -0.39 is 11.0 Å². The molecule has 0 saturated heterocycles. The second-order valence-corrected chi connectivity index (χ2v) is 4.70. The van der Waals surface area contributed by atoms with Crippen LogP contribution in [0.5, 0.6) is 5.75 Å². The van der Waals surface area contributed by atoms with Crippen LogP contribution in [0.25, 0.3) is 0 Å². The van der Waals surface area contributed by atoms with Gasteiger partial charge in [-0.05, 0) is 26.0 Å². The molecular weight excluding hydrogens is 270 g/mol. The van der Waals surface area contributed by atoms with Crippen LogP contribution in [0.1, 0.15) is 22.8 Å². The molecule has 5 heteroatoms. The van der Waals surface area contributed by atoms with Gasteiger partial charge in [0, 0.05) is 17.2 Å². The van der Waals surface area contributed by atoms with Crippen molar-refractivity contribution in [2.45, 2.75) is 20.0 Å². The number of Topliss-reactive ketones (excluding diaryl/α,β-unsaturated/α-hetero) is 1. The first kappa shape index (κ1) is 14.7. The number of ether oxygens (including phenoxy) is 1. The van der Waals surface area contributed by atoms with Gasteiger partial charge in [0.25, 0.3) is 5.69 Å². The molecule has 0 saturated carbocycles. The molecular formula is C16H15NO4. The number of benzene rings is 2. The fourth-order valence-corrected chi connectivity index (χ4v) is 2.00. The molecule has 0 fully saturated rings. The van der Waals surface area contributed by atoms with Gasteiger partial charge in [-0.2, -0.15) is 0 Å². The lowest BCUT2D eigenvalue weighted by molar-refractivity contribution is -0.385. The fourth-order valence-electron chi connectivity index (χ4n) is 2.00. The summed E-state index contributed by atoms with van der Waals surface area (Å²) in [6, 6.07) is 13.3. The van der Waals surface area contributed by atoms with Crippen LogP contribution in [0.2, 0.25) is 0 Å². The molecule has 2 rings (SSSR count). The lowest BCUT2D eigenvalue weighted by Gasteiger charge is -2.14. The maximum Gasteiger partial charge on any atom is 0.272 e. The minimum atomic E-state index is -0.659. The molecule has 108 valence electrons. The Morgan fingerprint density at radius 3 is 2.43 bits per heavy atom. The predicted molar refractivity (Wildman–Crippen MR) is 78.7 cm³/mol. The third-order valence-electron chi connectivity index (χ3n) is 3.11. The van der Waals surface area contributed by atoms with E-state index in [2.05, 4.69) is 0 Å². The Labute approximate surface area is 122 Å². The molecule has 1 atom stereocenters. The molecule has 0 aliphatic carbocycles. The summed E-state index contributed by atoms with van der Waals surface area (Å²) >= 11 is 0. The van der Waals surface area contributed by atoms with Gasteiger partial charge in [-0.1, -0.05) is 30.3 Å². The summed E-state index contributed by atoms with van der Waals surface area (Å²) in [5.74, 6) is 0.307. The van der Waals surface area contributed by atoms with Crippen LogP contribution in [-0.2, 0) is 0 Å². The van der Waals surface area contributed by atoms with Crippen molar-refractivity contribution in [2.24, 2.45) is 0 Å². The maximum absolute atomic E-state index is 12.2. The zero-order valence-corrected chi connectivity index (χ0v) is 11.8. The van der Waals surface area contributed by atoms with Crippen molar-refractivity contribution in [3.05, 3.63) is 69.8 Å². The zero-order valence-electron chi connectivity index (χ0n) is 11.8. The highest BCUT2D eigenvalue weighted by molar-refractivity contribution is 5.99. The van der Waals surface area contributed by atoms with Gasteiger partial charge in [-0.25, -0.2) is 0 Å². The average Bonchev–Trinajstić information content (AvgIpc) is 2.47. The Bertz CT molecular complexity index is 667. The topological polar surface area (TPSA) is 69.4 Å². The Morgan fingerprint density at radius 2 is 1.86 bits per heavy atom. The van der Waals surface area contributed by atoms with Crippen molar-refractivity contribution in [3.63, 3.8) is 0 Å². The summed E-state index contributed by atoms with van der Waals surface area (Å²) in [6.07, 6.45) is -0.659. The highest BCUT2D eigenvalue weighted by Crippen LogP contribution is 2.24. The number of nitro groups is 1. The Balaban J connectivity index is 2.13. The predicted octanol–water partition coefficient (Wildman–Crippen LogP) is 3.55. The molecule has 0 amide bonds. The number of rotatable bonds is 5. The van der Waals surface area contributed by atoms with E-state index in [1.165, 1.54) is 12.1 Å². The minimum absolute atomic E-state index is 0.0318. The molecule has 5 nitrogen and oxygen atoms in total. The SMILES string of the molecule is Cc1cc(OC(C)C(=O)c2ccccc2)ccc1[N+](=O)[O-]. The summed E-state index contributed by atoms with van der Waals surface area (Å²) < 4.78 is 5.57. The monoisotopic (exact) mass is 285 g/mol. The van der Waals surface area contributed by atoms with E-state index in [1.54, 1.807) is 44.2 Å². The number of hydrogen-bond donors (Lipinski definition) is 0. The van der Waals surface area contributed by atoms with E-state index in [9.17, 15) is 14.9 Å². The molecule has 0 aliphatic heterocycles. The van der Waals surface area contributed by atoms with Crippen LogP contribution in [-0.4, -0.2) is 16.8 Å². The van der Waals surface area contributed by atoms with Crippen molar-refractivity contribution < 1.29 is 14.5 Å². The van der Waals surface area contributed by atoms with Gasteiger partial charge in [-0.15, -0.1) is 0 Å². The summed E-state index contributed by atoms with van der Waals surface area (Å²) in [6.45, 7) is 3.29. The van der Waals surface area contributed by atoms with E-state index in [0.29, 0.717) is 16.9 Å². The maximum atomic E-state index is 12.2. The number of nitro benzene ring substituents is 1. The molecule has 2 aromatic rings. The van der Waals surface area contributed by atoms with Crippen LogP contribution in [0, 0.1) is 17.0 Å². The van der Waals surface area contributed by atoms with Gasteiger partial charge in [0.05, 0.1) is 4.92 Å². The van der Waals surface area contributed by atoms with Gasteiger partial charge < -0.3 is 4.74 Å². The van der Waals surface area contributed by atoms with Crippen LogP contribution in [0.15, 0.2) is 48.5 Å². The largest absolute Gasteiger partial charge is 0.483 e. The second-order valence-electron chi connectivity index (χ2n) is 4.70. The van der Waals surface area contributed by atoms with Crippen molar-refractivity contribution in [1.82, 2.24) is 0 Å². The van der Waals surface area contributed by atoms with Crippen molar-refractivity contribution in [3.8, 4) is 5.75 Å². The second kappa shape index (κ2) is 6.17. The van der Waals surface area contributed by atoms with E-state index in [1.807, 2.05) is 6.07 Å². The molecule has 0 bridgehead atoms. The van der Waals surface area contributed by atoms with Crippen LogP contribution >= 0.6 is 0 Å². The van der Waals surface area contributed by atoms with Gasteiger partial charge >= 0.3 is 0 Å². The normalized spacial score (nSPS) is 11.7. The summed E-state index contributed by atoms with van der Waals surface area (Å²) in [5, 5.41) is 10.8. The number of aryl methyl sites for hydroxylation is 1. The van der Waals surface area contributed by atoms with E-state index in [0.717, 1.165) is 0 Å².